The smallest absolute Gasteiger partial charge is 0.187 e. The molecule has 0 aromatic rings. The lowest BCUT2D eigenvalue weighted by Crippen LogP contribution is -2.65. The third-order valence-corrected chi connectivity index (χ3v) is 18.3. The predicted molar refractivity (Wildman–Crippen MR) is 224 cm³/mol. The Labute approximate surface area is 381 Å². The molecule has 0 aromatic carbocycles. The van der Waals surface area contributed by atoms with Gasteiger partial charge < -0.3 is 94.1 Å². The van der Waals surface area contributed by atoms with Crippen LogP contribution in [0.4, 0.5) is 0 Å². The van der Waals surface area contributed by atoms with Crippen LogP contribution >= 0.6 is 0 Å². The molecule has 0 aromatic heterocycles. The van der Waals surface area contributed by atoms with Crippen LogP contribution in [-0.2, 0) is 37.9 Å². The second-order valence-electron chi connectivity index (χ2n) is 21.8. The van der Waals surface area contributed by atoms with Crippen molar-refractivity contribution in [1.29, 1.82) is 0 Å². The van der Waals surface area contributed by atoms with Crippen LogP contribution in [0.5, 0.6) is 0 Å². The summed E-state index contributed by atoms with van der Waals surface area (Å²) in [7, 11) is 1.72. The minimum atomic E-state index is -1.69. The Hall–Kier alpha value is -0.760. The zero-order valence-corrected chi connectivity index (χ0v) is 38.6. The summed E-state index contributed by atoms with van der Waals surface area (Å²) in [6.45, 7) is 9.60. The Kier molecular flexibility index (Phi) is 15.1. The molecule has 4 aliphatic heterocycles. The molecule has 4 aliphatic carbocycles. The Bertz CT molecular complexity index is 1600. The first kappa shape index (κ1) is 50.6. The molecule has 8 fully saturated rings. The molecule has 28 atom stereocenters. The molecule has 376 valence electrons. The maximum Gasteiger partial charge on any atom is 0.187 e. The fraction of sp³-hybridized carbons (Fsp3) is 1.00. The summed E-state index contributed by atoms with van der Waals surface area (Å²) in [5.74, 6) is 1.07. The van der Waals surface area contributed by atoms with E-state index in [9.17, 15) is 56.2 Å². The van der Waals surface area contributed by atoms with Crippen LogP contribution in [-0.4, -0.2) is 199 Å². The number of hydrogen-bond donors (Lipinski definition) is 11. The first-order chi connectivity index (χ1) is 30.7. The molecule has 4 saturated carbocycles. The van der Waals surface area contributed by atoms with Gasteiger partial charge in [-0.1, -0.05) is 27.7 Å². The van der Waals surface area contributed by atoms with Crippen LogP contribution in [0.2, 0.25) is 0 Å². The lowest BCUT2D eigenvalue weighted by Gasteiger charge is -2.62. The van der Waals surface area contributed by atoms with Crippen molar-refractivity contribution >= 4 is 0 Å². The summed E-state index contributed by atoms with van der Waals surface area (Å²) in [6.07, 6.45) is -15.4. The standard InChI is InChI=1S/C46H78O19/c1-19(18-59-41-38(56)36(54)33(51)29(16-47)62-41)9-12-46(58-6)20(2)31-28(65-46)14-25-23-8-7-22-13-27(26(49)15-45(22,5)24(23)10-11-44(25,31)4)61-43-40(37(55)34(52)30(17-48)63-43)64-42-39(57)35(53)32(50)21(3)60-42/h19-43,47-57H,7-18H2,1-6H3/t19-,20?,21+,22+,23-,24+,25+,26-,27-,28?,29-,30-,31?,32+,33-,34+,35-,36+,37+,38-,39-,40-,41-,42+,43-,44+,45+,46?/m1/s1. The molecular weight excluding hydrogens is 856 g/mol. The number of fused-ring (bicyclic) bond motifs is 7. The van der Waals surface area contributed by atoms with Gasteiger partial charge in [0.15, 0.2) is 24.7 Å². The highest BCUT2D eigenvalue weighted by atomic mass is 16.8. The summed E-state index contributed by atoms with van der Waals surface area (Å²) in [4.78, 5) is 0. The summed E-state index contributed by atoms with van der Waals surface area (Å²) >= 11 is 0. The van der Waals surface area contributed by atoms with E-state index in [1.54, 1.807) is 7.11 Å². The van der Waals surface area contributed by atoms with Crippen molar-refractivity contribution < 1.29 is 94.1 Å². The zero-order valence-electron chi connectivity index (χ0n) is 38.6. The fourth-order valence-electron chi connectivity index (χ4n) is 14.5. The van der Waals surface area contributed by atoms with Crippen LogP contribution in [0.25, 0.3) is 0 Å². The van der Waals surface area contributed by atoms with Crippen LogP contribution in [0.15, 0.2) is 0 Å². The van der Waals surface area contributed by atoms with Crippen molar-refractivity contribution in [3.63, 3.8) is 0 Å². The van der Waals surface area contributed by atoms with E-state index in [1.165, 1.54) is 6.92 Å². The lowest BCUT2D eigenvalue weighted by atomic mass is 9.44. The van der Waals surface area contributed by atoms with Crippen molar-refractivity contribution in [2.75, 3.05) is 26.9 Å². The van der Waals surface area contributed by atoms with E-state index < -0.39 is 123 Å². The number of aliphatic hydroxyl groups excluding tert-OH is 11. The zero-order chi connectivity index (χ0) is 47.1. The SMILES string of the molecule is COC1(CC[C@@H](C)CO[C@@H]2O[C@H](CO)[C@@H](O)[C@H](O)[C@H]2O)OC2C[C@H]3[C@@H]4CC[C@H]5C[C@@H](O[C@@H]6O[C@H](CO)[C@H](O)[C@H](O)[C@H]6O[C@@H]6O[C@@H](C)[C@H](O)[C@@H](O)[C@H]6O)[C@H](O)C[C@]5(C)[C@H]4CC[C@]3(C)C2C1C. The van der Waals surface area contributed by atoms with Crippen LogP contribution < -0.4 is 0 Å². The predicted octanol–water partition coefficient (Wildman–Crippen LogP) is -1.13. The van der Waals surface area contributed by atoms with Gasteiger partial charge in [0.1, 0.15) is 67.1 Å². The maximum absolute atomic E-state index is 11.9. The molecule has 4 unspecified atom stereocenters. The molecule has 0 amide bonds. The van der Waals surface area contributed by atoms with Crippen LogP contribution in [0.3, 0.4) is 0 Å². The van der Waals surface area contributed by atoms with Gasteiger partial charge in [0.2, 0.25) is 0 Å². The minimum Gasteiger partial charge on any atom is -0.394 e. The molecule has 0 bridgehead atoms. The molecule has 8 rings (SSSR count). The van der Waals surface area contributed by atoms with Gasteiger partial charge in [-0.2, -0.15) is 0 Å². The Balaban J connectivity index is 0.894. The first-order valence-electron chi connectivity index (χ1n) is 24.2. The minimum absolute atomic E-state index is 0.0121. The number of aliphatic hydroxyl groups is 11. The monoisotopic (exact) mass is 935 g/mol. The maximum atomic E-state index is 11.9. The van der Waals surface area contributed by atoms with Gasteiger partial charge in [0, 0.05) is 19.4 Å². The van der Waals surface area contributed by atoms with Gasteiger partial charge in [-0.25, -0.2) is 0 Å². The van der Waals surface area contributed by atoms with Crippen LogP contribution in [0.1, 0.15) is 92.4 Å². The number of rotatable bonds is 13. The van der Waals surface area contributed by atoms with E-state index in [0.717, 1.165) is 32.1 Å². The van der Waals surface area contributed by atoms with E-state index in [0.29, 0.717) is 43.4 Å². The van der Waals surface area contributed by atoms with Gasteiger partial charge in [-0.15, -0.1) is 0 Å². The molecule has 19 heteroatoms. The molecule has 4 heterocycles. The normalized spacial score (nSPS) is 56.1. The van der Waals surface area contributed by atoms with Gasteiger partial charge in [0.25, 0.3) is 0 Å². The third kappa shape index (κ3) is 8.79. The summed E-state index contributed by atoms with van der Waals surface area (Å²) in [5.41, 5.74) is -0.160. The summed E-state index contributed by atoms with van der Waals surface area (Å²) in [5, 5.41) is 116. The number of ether oxygens (including phenoxy) is 8. The molecular formula is C46H78O19. The Morgan fingerprint density at radius 1 is 0.677 bits per heavy atom. The topological polar surface area (TPSA) is 296 Å². The lowest BCUT2D eigenvalue weighted by molar-refractivity contribution is -0.374. The van der Waals surface area contributed by atoms with Crippen molar-refractivity contribution in [2.45, 2.75) is 209 Å². The molecule has 0 radical (unpaired) electrons. The van der Waals surface area contributed by atoms with E-state index in [-0.39, 0.29) is 47.2 Å². The molecule has 65 heavy (non-hydrogen) atoms. The van der Waals surface area contributed by atoms with Crippen molar-refractivity contribution in [3.8, 4) is 0 Å². The molecule has 0 spiro atoms. The average molecular weight is 935 g/mol. The second kappa shape index (κ2) is 19.4. The third-order valence-electron chi connectivity index (χ3n) is 18.3. The molecule has 19 nitrogen and oxygen atoms in total. The molecule has 4 saturated heterocycles. The highest BCUT2D eigenvalue weighted by Crippen LogP contribution is 2.71. The number of methoxy groups -OCH3 is 1. The van der Waals surface area contributed by atoms with Gasteiger partial charge >= 0.3 is 0 Å². The second-order valence-corrected chi connectivity index (χ2v) is 21.8. The van der Waals surface area contributed by atoms with Gasteiger partial charge in [0.05, 0.1) is 44.2 Å². The first-order valence-corrected chi connectivity index (χ1v) is 24.2. The van der Waals surface area contributed by atoms with Gasteiger partial charge in [-0.05, 0) is 105 Å². The molecule has 11 N–H and O–H groups in total. The Morgan fingerprint density at radius 3 is 2.00 bits per heavy atom. The van der Waals surface area contributed by atoms with Crippen molar-refractivity contribution in [1.82, 2.24) is 0 Å². The van der Waals surface area contributed by atoms with E-state index >= 15 is 0 Å². The van der Waals surface area contributed by atoms with Crippen molar-refractivity contribution in [2.24, 2.45) is 52.3 Å². The number of hydrogen-bond acceptors (Lipinski definition) is 19. The van der Waals surface area contributed by atoms with E-state index in [4.69, 9.17) is 37.9 Å². The summed E-state index contributed by atoms with van der Waals surface area (Å²) in [6, 6.07) is 0. The van der Waals surface area contributed by atoms with Gasteiger partial charge in [-0.3, -0.25) is 0 Å². The fourth-order valence-corrected chi connectivity index (χ4v) is 14.5. The molecule has 8 aliphatic rings. The quantitative estimate of drug-likeness (QED) is 0.0975. The Morgan fingerprint density at radius 2 is 1.32 bits per heavy atom. The highest BCUT2D eigenvalue weighted by Gasteiger charge is 2.69. The average Bonchev–Trinajstić information content (AvgIpc) is 3.74. The van der Waals surface area contributed by atoms with E-state index in [2.05, 4.69) is 20.8 Å². The van der Waals surface area contributed by atoms with Crippen LogP contribution in [0, 0.1) is 52.3 Å². The largest absolute Gasteiger partial charge is 0.394 e. The van der Waals surface area contributed by atoms with Crippen molar-refractivity contribution in [3.05, 3.63) is 0 Å². The summed E-state index contributed by atoms with van der Waals surface area (Å²) < 4.78 is 48.7. The van der Waals surface area contributed by atoms with E-state index in [1.807, 2.05) is 6.92 Å². The highest BCUT2D eigenvalue weighted by molar-refractivity contribution is 5.16.